The van der Waals surface area contributed by atoms with E-state index in [4.69, 9.17) is 5.73 Å². The van der Waals surface area contributed by atoms with Gasteiger partial charge in [0.1, 0.15) is 0 Å². The Hall–Kier alpha value is -1.00. The summed E-state index contributed by atoms with van der Waals surface area (Å²) in [7, 11) is -6.83. The molecule has 1 aromatic rings. The lowest BCUT2D eigenvalue weighted by atomic mass is 10.2. The van der Waals surface area contributed by atoms with Gasteiger partial charge in [-0.1, -0.05) is 12.1 Å². The second-order valence-corrected chi connectivity index (χ2v) is 7.87. The summed E-state index contributed by atoms with van der Waals surface area (Å²) in [4.78, 5) is 0.150. The SMILES string of the molecule is CS(=O)(=O)NCCCNS(=O)(=O)c1cccc(CN)c1. The molecule has 0 bridgehead atoms. The lowest BCUT2D eigenvalue weighted by Crippen LogP contribution is -2.29. The van der Waals surface area contributed by atoms with E-state index < -0.39 is 20.0 Å². The van der Waals surface area contributed by atoms with Gasteiger partial charge in [0.15, 0.2) is 0 Å². The molecule has 0 amide bonds. The van der Waals surface area contributed by atoms with Crippen molar-refractivity contribution in [1.29, 1.82) is 0 Å². The van der Waals surface area contributed by atoms with Crippen LogP contribution in [0.25, 0.3) is 0 Å². The molecule has 7 nitrogen and oxygen atoms in total. The Kier molecular flexibility index (Phi) is 6.08. The number of nitrogens with one attached hydrogen (secondary N) is 2. The van der Waals surface area contributed by atoms with Crippen molar-refractivity contribution in [1.82, 2.24) is 9.44 Å². The lowest BCUT2D eigenvalue weighted by molar-refractivity contribution is 0.575. The molecule has 0 atom stereocenters. The van der Waals surface area contributed by atoms with Gasteiger partial charge in [-0.15, -0.1) is 0 Å². The summed E-state index contributed by atoms with van der Waals surface area (Å²) in [6.07, 6.45) is 1.42. The van der Waals surface area contributed by atoms with E-state index >= 15 is 0 Å². The van der Waals surface area contributed by atoms with Crippen molar-refractivity contribution < 1.29 is 16.8 Å². The van der Waals surface area contributed by atoms with Gasteiger partial charge >= 0.3 is 0 Å². The minimum atomic E-state index is -3.59. The van der Waals surface area contributed by atoms with E-state index in [1.165, 1.54) is 12.1 Å². The first-order chi connectivity index (χ1) is 9.24. The predicted octanol–water partition coefficient (Wildman–Crippen LogP) is -0.637. The molecule has 0 spiro atoms. The highest BCUT2D eigenvalue weighted by Gasteiger charge is 2.13. The maximum atomic E-state index is 12.0. The Morgan fingerprint density at radius 1 is 1.10 bits per heavy atom. The van der Waals surface area contributed by atoms with E-state index in [-0.39, 0.29) is 24.5 Å². The summed E-state index contributed by atoms with van der Waals surface area (Å²) < 4.78 is 50.3. The molecule has 0 radical (unpaired) electrons. The van der Waals surface area contributed by atoms with E-state index in [1.807, 2.05) is 0 Å². The standard InChI is InChI=1S/C11H19N3O4S2/c1-19(15,16)13-6-3-7-14-20(17,18)11-5-2-4-10(8-11)9-12/h2,4-5,8,13-14H,3,6-7,9,12H2,1H3. The molecule has 114 valence electrons. The van der Waals surface area contributed by atoms with Crippen LogP contribution in [0.5, 0.6) is 0 Å². The molecular formula is C11H19N3O4S2. The summed E-state index contributed by atoms with van der Waals surface area (Å²) in [6.45, 7) is 0.601. The normalized spacial score (nSPS) is 12.5. The molecular weight excluding hydrogens is 302 g/mol. The highest BCUT2D eigenvalue weighted by atomic mass is 32.2. The van der Waals surface area contributed by atoms with Crippen molar-refractivity contribution in [2.75, 3.05) is 19.3 Å². The van der Waals surface area contributed by atoms with Crippen LogP contribution in [0, 0.1) is 0 Å². The van der Waals surface area contributed by atoms with E-state index in [0.717, 1.165) is 11.8 Å². The van der Waals surface area contributed by atoms with Crippen molar-refractivity contribution >= 4 is 20.0 Å². The van der Waals surface area contributed by atoms with Crippen molar-refractivity contribution in [2.45, 2.75) is 17.9 Å². The number of benzene rings is 1. The van der Waals surface area contributed by atoms with Crippen LogP contribution >= 0.6 is 0 Å². The van der Waals surface area contributed by atoms with Crippen LogP contribution in [-0.2, 0) is 26.6 Å². The van der Waals surface area contributed by atoms with Gasteiger partial charge in [-0.2, -0.15) is 0 Å². The lowest BCUT2D eigenvalue weighted by Gasteiger charge is -2.08. The first kappa shape index (κ1) is 17.1. The van der Waals surface area contributed by atoms with E-state index in [9.17, 15) is 16.8 Å². The fourth-order valence-corrected chi connectivity index (χ4v) is 3.13. The molecule has 0 heterocycles. The maximum Gasteiger partial charge on any atom is 0.240 e. The highest BCUT2D eigenvalue weighted by Crippen LogP contribution is 2.10. The van der Waals surface area contributed by atoms with Crippen LogP contribution in [0.2, 0.25) is 0 Å². The molecule has 0 aliphatic carbocycles. The summed E-state index contributed by atoms with van der Waals surface area (Å²) in [6, 6.07) is 6.37. The third kappa shape index (κ3) is 5.97. The molecule has 0 aliphatic heterocycles. The van der Waals surface area contributed by atoms with Gasteiger partial charge in [0, 0.05) is 19.6 Å². The average molecular weight is 321 g/mol. The Balaban J connectivity index is 2.53. The van der Waals surface area contributed by atoms with Crippen LogP contribution in [0.3, 0.4) is 0 Å². The minimum Gasteiger partial charge on any atom is -0.326 e. The predicted molar refractivity (Wildman–Crippen MR) is 77.0 cm³/mol. The number of rotatable bonds is 8. The smallest absolute Gasteiger partial charge is 0.240 e. The Morgan fingerprint density at radius 2 is 1.75 bits per heavy atom. The minimum absolute atomic E-state index is 0.150. The van der Waals surface area contributed by atoms with Gasteiger partial charge < -0.3 is 5.73 Å². The van der Waals surface area contributed by atoms with Crippen molar-refractivity contribution in [2.24, 2.45) is 5.73 Å². The third-order valence-electron chi connectivity index (χ3n) is 2.45. The first-order valence-corrected chi connectivity index (χ1v) is 9.35. The summed E-state index contributed by atoms with van der Waals surface area (Å²) >= 11 is 0. The van der Waals surface area contributed by atoms with Gasteiger partial charge in [0.2, 0.25) is 20.0 Å². The van der Waals surface area contributed by atoms with Crippen LogP contribution in [0.15, 0.2) is 29.2 Å². The number of hydrogen-bond donors (Lipinski definition) is 3. The molecule has 4 N–H and O–H groups in total. The first-order valence-electron chi connectivity index (χ1n) is 5.98. The average Bonchev–Trinajstić information content (AvgIpc) is 2.37. The van der Waals surface area contributed by atoms with E-state index in [1.54, 1.807) is 12.1 Å². The molecule has 0 saturated carbocycles. The topological polar surface area (TPSA) is 118 Å². The molecule has 20 heavy (non-hydrogen) atoms. The Morgan fingerprint density at radius 3 is 2.35 bits per heavy atom. The zero-order valence-electron chi connectivity index (χ0n) is 11.2. The van der Waals surface area contributed by atoms with Gasteiger partial charge in [-0.3, -0.25) is 0 Å². The number of hydrogen-bond acceptors (Lipinski definition) is 5. The maximum absolute atomic E-state index is 12.0. The van der Waals surface area contributed by atoms with Crippen LogP contribution in [-0.4, -0.2) is 36.2 Å². The molecule has 1 aromatic carbocycles. The molecule has 0 fully saturated rings. The summed E-state index contributed by atoms with van der Waals surface area (Å²) in [5.74, 6) is 0. The Labute approximate surface area is 119 Å². The molecule has 0 unspecified atom stereocenters. The quantitative estimate of drug-likeness (QED) is 0.551. The van der Waals surface area contributed by atoms with Gasteiger partial charge in [0.25, 0.3) is 0 Å². The molecule has 0 saturated heterocycles. The largest absolute Gasteiger partial charge is 0.326 e. The van der Waals surface area contributed by atoms with Crippen molar-refractivity contribution in [3.8, 4) is 0 Å². The summed E-state index contributed by atoms with van der Waals surface area (Å²) in [5, 5.41) is 0. The third-order valence-corrected chi connectivity index (χ3v) is 4.64. The number of nitrogens with two attached hydrogens (primary N) is 1. The van der Waals surface area contributed by atoms with Crippen molar-refractivity contribution in [3.63, 3.8) is 0 Å². The summed E-state index contributed by atoms with van der Waals surface area (Å²) in [5.41, 5.74) is 6.19. The second kappa shape index (κ2) is 7.14. The van der Waals surface area contributed by atoms with Gasteiger partial charge in [-0.05, 0) is 24.1 Å². The van der Waals surface area contributed by atoms with Crippen LogP contribution < -0.4 is 15.2 Å². The molecule has 0 aliphatic rings. The monoisotopic (exact) mass is 321 g/mol. The second-order valence-electron chi connectivity index (χ2n) is 4.27. The fourth-order valence-electron chi connectivity index (χ4n) is 1.48. The van der Waals surface area contributed by atoms with Gasteiger partial charge in [-0.25, -0.2) is 26.3 Å². The van der Waals surface area contributed by atoms with Crippen LogP contribution in [0.1, 0.15) is 12.0 Å². The molecule has 9 heteroatoms. The van der Waals surface area contributed by atoms with E-state index in [2.05, 4.69) is 9.44 Å². The Bertz CT molecular complexity index is 641. The zero-order chi connectivity index (χ0) is 15.2. The highest BCUT2D eigenvalue weighted by molar-refractivity contribution is 7.89. The fraction of sp³-hybridized carbons (Fsp3) is 0.455. The molecule has 1 rings (SSSR count). The van der Waals surface area contributed by atoms with E-state index in [0.29, 0.717) is 6.42 Å². The number of sulfonamides is 2. The van der Waals surface area contributed by atoms with Crippen molar-refractivity contribution in [3.05, 3.63) is 29.8 Å². The van der Waals surface area contributed by atoms with Crippen LogP contribution in [0.4, 0.5) is 0 Å². The molecule has 0 aromatic heterocycles. The van der Waals surface area contributed by atoms with Gasteiger partial charge in [0.05, 0.1) is 11.2 Å². The zero-order valence-corrected chi connectivity index (χ0v) is 12.8.